The third-order valence-electron chi connectivity index (χ3n) is 0.554. The van der Waals surface area contributed by atoms with Crippen LogP contribution in [0.1, 0.15) is 6.42 Å². The van der Waals surface area contributed by atoms with Gasteiger partial charge in [-0.2, -0.15) is 0 Å². The van der Waals surface area contributed by atoms with Gasteiger partial charge in [0.05, 0.1) is 10.8 Å². The van der Waals surface area contributed by atoms with E-state index in [0.717, 1.165) is 11.8 Å². The number of hydrogen-bond acceptors (Lipinski definition) is 0. The summed E-state index contributed by atoms with van der Waals surface area (Å²) in [7, 11) is 0. The molecule has 2 heteroatoms. The highest BCUT2D eigenvalue weighted by Crippen LogP contribution is 2.41. The van der Waals surface area contributed by atoms with Crippen molar-refractivity contribution in [3.8, 4) is 0 Å². The number of rotatable bonds is 0. The Morgan fingerprint density at radius 1 is 1.80 bits per heavy atom. The summed E-state index contributed by atoms with van der Waals surface area (Å²) in [4.78, 5) is 0. The molecule has 1 aliphatic rings. The van der Waals surface area contributed by atoms with Crippen molar-refractivity contribution < 1.29 is 0 Å². The first-order valence-corrected chi connectivity index (χ1v) is 2.27. The van der Waals surface area contributed by atoms with E-state index >= 15 is 0 Å². The molecular weight excluding hydrogens is 107 g/mol. The van der Waals surface area contributed by atoms with Crippen LogP contribution in [-0.4, -0.2) is 5.38 Å². The van der Waals surface area contributed by atoms with Crippen molar-refractivity contribution in [2.24, 2.45) is 0 Å². The Morgan fingerprint density at radius 3 is 2.00 bits per heavy atom. The molecule has 0 aromatic heterocycles. The molecule has 1 radical (unpaired) electrons. The smallest absolute Gasteiger partial charge is 0.0830 e. The van der Waals surface area contributed by atoms with Crippen molar-refractivity contribution in [3.63, 3.8) is 0 Å². The fourth-order valence-corrected chi connectivity index (χ4v) is 0.512. The third-order valence-corrected chi connectivity index (χ3v) is 1.50. The second kappa shape index (κ2) is 1.02. The molecule has 0 N–H and O–H groups in total. The number of halogens is 2. The largest absolute Gasteiger partial charge is 0.121 e. The average molecular weight is 110 g/mol. The minimum Gasteiger partial charge on any atom is -0.121 e. The zero-order valence-corrected chi connectivity index (χ0v) is 4.05. The Kier molecular flexibility index (Phi) is 0.768. The lowest BCUT2D eigenvalue weighted by Gasteiger charge is -1.60. The second-order valence-electron chi connectivity index (χ2n) is 1.12. The molecule has 0 unspecified atom stereocenters. The van der Waals surface area contributed by atoms with Crippen LogP contribution in [-0.2, 0) is 0 Å². The van der Waals surface area contributed by atoms with E-state index in [1.165, 1.54) is 0 Å². The SMILES string of the molecule is Cl[C]1C[C@@H]1Cl. The lowest BCUT2D eigenvalue weighted by Crippen LogP contribution is -1.54. The van der Waals surface area contributed by atoms with E-state index in [2.05, 4.69) is 0 Å². The lowest BCUT2D eigenvalue weighted by atomic mass is 11.0. The van der Waals surface area contributed by atoms with Gasteiger partial charge >= 0.3 is 0 Å². The van der Waals surface area contributed by atoms with Crippen LogP contribution in [0.3, 0.4) is 0 Å². The van der Waals surface area contributed by atoms with Crippen LogP contribution in [0, 0.1) is 5.38 Å². The first kappa shape index (κ1) is 3.76. The number of hydrogen-bond donors (Lipinski definition) is 0. The van der Waals surface area contributed by atoms with Gasteiger partial charge in [-0.3, -0.25) is 0 Å². The van der Waals surface area contributed by atoms with E-state index < -0.39 is 0 Å². The minimum atomic E-state index is 0.205. The Balaban J connectivity index is 2.20. The van der Waals surface area contributed by atoms with Crippen LogP contribution in [0.5, 0.6) is 0 Å². The van der Waals surface area contributed by atoms with E-state index in [1.807, 2.05) is 0 Å². The summed E-state index contributed by atoms with van der Waals surface area (Å²) in [6, 6.07) is 0. The molecule has 0 saturated heterocycles. The molecule has 0 nitrogen and oxygen atoms in total. The molecule has 0 heterocycles. The van der Waals surface area contributed by atoms with E-state index in [9.17, 15) is 0 Å². The van der Waals surface area contributed by atoms with Crippen molar-refractivity contribution in [1.82, 2.24) is 0 Å². The first-order valence-electron chi connectivity index (χ1n) is 1.46. The predicted octanol–water partition coefficient (Wildman–Crippen LogP) is 1.77. The van der Waals surface area contributed by atoms with Crippen LogP contribution < -0.4 is 0 Å². The summed E-state index contributed by atoms with van der Waals surface area (Å²) < 4.78 is 0. The van der Waals surface area contributed by atoms with E-state index in [1.54, 1.807) is 0 Å². The molecule has 0 spiro atoms. The highest BCUT2D eigenvalue weighted by atomic mass is 35.5. The van der Waals surface area contributed by atoms with Crippen molar-refractivity contribution in [3.05, 3.63) is 5.38 Å². The van der Waals surface area contributed by atoms with Gasteiger partial charge < -0.3 is 0 Å². The summed E-state index contributed by atoms with van der Waals surface area (Å²) in [5, 5.41) is 1.11. The molecule has 29 valence electrons. The molecule has 1 fully saturated rings. The maximum absolute atomic E-state index is 5.37. The quantitative estimate of drug-likeness (QED) is 0.417. The predicted molar refractivity (Wildman–Crippen MR) is 23.4 cm³/mol. The molecule has 1 aliphatic carbocycles. The molecule has 0 bridgehead atoms. The van der Waals surface area contributed by atoms with E-state index in [4.69, 9.17) is 23.2 Å². The van der Waals surface area contributed by atoms with Gasteiger partial charge in [0.15, 0.2) is 0 Å². The van der Waals surface area contributed by atoms with Crippen LogP contribution in [0.15, 0.2) is 0 Å². The summed E-state index contributed by atoms with van der Waals surface area (Å²) in [6.45, 7) is 0. The molecule has 1 atom stereocenters. The van der Waals surface area contributed by atoms with Crippen LogP contribution in [0.4, 0.5) is 0 Å². The fourth-order valence-electron chi connectivity index (χ4n) is 0.112. The lowest BCUT2D eigenvalue weighted by molar-refractivity contribution is 1.50. The topological polar surface area (TPSA) is 0 Å². The van der Waals surface area contributed by atoms with Crippen LogP contribution in [0.25, 0.3) is 0 Å². The average Bonchev–Trinajstić information content (AvgIpc) is 1.79. The minimum absolute atomic E-state index is 0.205. The second-order valence-corrected chi connectivity index (χ2v) is 2.13. The van der Waals surface area contributed by atoms with E-state index in [-0.39, 0.29) is 5.38 Å². The molecule has 0 aromatic rings. The van der Waals surface area contributed by atoms with Gasteiger partial charge in [0.2, 0.25) is 0 Å². The Hall–Kier alpha value is 0.580. The van der Waals surface area contributed by atoms with Crippen molar-refractivity contribution in [2.45, 2.75) is 11.8 Å². The first-order chi connectivity index (χ1) is 2.30. The summed E-state index contributed by atoms with van der Waals surface area (Å²) >= 11 is 10.7. The highest BCUT2D eigenvalue weighted by molar-refractivity contribution is 6.39. The normalized spacial score (nSPS) is 38.4. The number of alkyl halides is 1. The van der Waals surface area contributed by atoms with Gasteiger partial charge in [-0.05, 0) is 6.42 Å². The van der Waals surface area contributed by atoms with Gasteiger partial charge in [0.1, 0.15) is 0 Å². The molecule has 1 saturated carbocycles. The van der Waals surface area contributed by atoms with Crippen molar-refractivity contribution >= 4 is 23.2 Å². The van der Waals surface area contributed by atoms with E-state index in [0.29, 0.717) is 0 Å². The Morgan fingerprint density at radius 2 is 2.00 bits per heavy atom. The standard InChI is InChI=1S/C3H3Cl2/c4-2-1-3(2)5/h2H,1H2/t2-/m0/s1. The summed E-state index contributed by atoms with van der Waals surface area (Å²) in [5.41, 5.74) is 0. The van der Waals surface area contributed by atoms with Gasteiger partial charge in [0.25, 0.3) is 0 Å². The van der Waals surface area contributed by atoms with Crippen LogP contribution in [0.2, 0.25) is 0 Å². The summed E-state index contributed by atoms with van der Waals surface area (Å²) in [6.07, 6.45) is 0.920. The van der Waals surface area contributed by atoms with Gasteiger partial charge in [-0.1, -0.05) is 0 Å². The maximum atomic E-state index is 5.37. The van der Waals surface area contributed by atoms with Gasteiger partial charge in [0, 0.05) is 0 Å². The third kappa shape index (κ3) is 0.704. The molecule has 0 aliphatic heterocycles. The molecule has 0 aromatic carbocycles. The Labute approximate surface area is 41.1 Å². The summed E-state index contributed by atoms with van der Waals surface area (Å²) in [5.74, 6) is 0. The van der Waals surface area contributed by atoms with Crippen molar-refractivity contribution in [1.29, 1.82) is 0 Å². The monoisotopic (exact) mass is 109 g/mol. The van der Waals surface area contributed by atoms with Crippen LogP contribution >= 0.6 is 23.2 Å². The zero-order chi connectivity index (χ0) is 3.86. The zero-order valence-electron chi connectivity index (χ0n) is 2.54. The highest BCUT2D eigenvalue weighted by Gasteiger charge is 2.33. The molecule has 1 rings (SSSR count). The molecule has 5 heavy (non-hydrogen) atoms. The molecular formula is C3H3Cl2. The fraction of sp³-hybridized carbons (Fsp3) is 0.667. The molecule has 0 amide bonds. The maximum Gasteiger partial charge on any atom is 0.0830 e. The van der Waals surface area contributed by atoms with Gasteiger partial charge in [-0.25, -0.2) is 0 Å². The van der Waals surface area contributed by atoms with Crippen molar-refractivity contribution in [2.75, 3.05) is 0 Å². The van der Waals surface area contributed by atoms with Gasteiger partial charge in [-0.15, -0.1) is 23.2 Å². The Bertz CT molecular complexity index is 38.2.